The predicted molar refractivity (Wildman–Crippen MR) is 182 cm³/mol. The Balaban J connectivity index is 0.000000749. The number of piperazine rings is 1. The van der Waals surface area contributed by atoms with E-state index in [1.165, 1.54) is 15.8 Å². The van der Waals surface area contributed by atoms with Crippen LogP contribution in [0.15, 0.2) is 28.9 Å². The van der Waals surface area contributed by atoms with Crippen LogP contribution in [0.4, 0.5) is 0 Å². The van der Waals surface area contributed by atoms with Gasteiger partial charge in [-0.2, -0.15) is 8.42 Å². The van der Waals surface area contributed by atoms with Crippen molar-refractivity contribution in [2.45, 2.75) is 83.1 Å². The summed E-state index contributed by atoms with van der Waals surface area (Å²) in [7, 11) is -1.64. The molecule has 0 bridgehead atoms. The van der Waals surface area contributed by atoms with Crippen LogP contribution in [0.3, 0.4) is 0 Å². The van der Waals surface area contributed by atoms with E-state index in [1.807, 2.05) is 33.0 Å². The Hall–Kier alpha value is -2.82. The Morgan fingerprint density at radius 2 is 1.92 bits per heavy atom. The molecule has 1 aromatic heterocycles. The van der Waals surface area contributed by atoms with Gasteiger partial charge in [-0.1, -0.05) is 45.9 Å². The lowest BCUT2D eigenvalue weighted by atomic mass is 9.79. The number of fused-ring (bicyclic) bond motifs is 5. The number of likely N-dealkylation sites (N-methyl/N-ethyl adjacent to an activating group) is 1. The molecule has 6 atom stereocenters. The Bertz CT molecular complexity index is 1800. The van der Waals surface area contributed by atoms with Gasteiger partial charge in [-0.05, 0) is 77.3 Å². The van der Waals surface area contributed by atoms with Crippen LogP contribution in [0, 0.1) is 17.8 Å². The topological polar surface area (TPSA) is 173 Å². The van der Waals surface area contributed by atoms with Crippen molar-refractivity contribution in [3.8, 4) is 0 Å². The molecule has 3 saturated heterocycles. The predicted octanol–water partition coefficient (Wildman–Crippen LogP) is 2.70. The number of hydrogen-bond acceptors (Lipinski definition) is 8. The molecule has 1 aliphatic carbocycles. The van der Waals surface area contributed by atoms with Gasteiger partial charge in [0.2, 0.25) is 17.5 Å². The van der Waals surface area contributed by atoms with E-state index in [4.69, 9.17) is 9.29 Å². The highest BCUT2D eigenvalue weighted by molar-refractivity contribution is 9.10. The van der Waals surface area contributed by atoms with Gasteiger partial charge in [0, 0.05) is 36.0 Å². The second kappa shape index (κ2) is 12.2. The smallest absolute Gasteiger partial charge is 0.281 e. The van der Waals surface area contributed by atoms with E-state index in [9.17, 15) is 27.9 Å². The molecule has 2 aromatic rings. The maximum absolute atomic E-state index is 14.4. The summed E-state index contributed by atoms with van der Waals surface area (Å²) >= 11 is 3.70. The number of H-pyrrole nitrogens is 1. The number of nitrogens with one attached hydrogen (secondary N) is 2. The first-order valence-corrected chi connectivity index (χ1v) is 19.0. The highest BCUT2D eigenvalue weighted by atomic mass is 79.9. The third kappa shape index (κ3) is 5.69. The van der Waals surface area contributed by atoms with Crippen LogP contribution in [-0.4, -0.2) is 112 Å². The van der Waals surface area contributed by atoms with Crippen LogP contribution in [0.2, 0.25) is 0 Å². The second-order valence-corrected chi connectivity index (χ2v) is 16.7. The van der Waals surface area contributed by atoms with Gasteiger partial charge in [-0.3, -0.25) is 33.5 Å². The van der Waals surface area contributed by atoms with Crippen LogP contribution < -0.4 is 5.32 Å². The maximum atomic E-state index is 14.4. The second-order valence-electron chi connectivity index (χ2n) is 14.4. The molecule has 0 radical (unpaired) electrons. The van der Waals surface area contributed by atoms with Gasteiger partial charge in [-0.25, -0.2) is 0 Å². The van der Waals surface area contributed by atoms with Gasteiger partial charge < -0.3 is 20.3 Å². The van der Waals surface area contributed by atoms with Gasteiger partial charge in [-0.15, -0.1) is 0 Å². The summed E-state index contributed by atoms with van der Waals surface area (Å²) in [6.45, 7) is 8.57. The molecule has 1 aromatic carbocycles. The van der Waals surface area contributed by atoms with Crippen molar-refractivity contribution < 1.29 is 37.2 Å². The number of ether oxygens (including phenoxy) is 1. The molecule has 3 fully saturated rings. The van der Waals surface area contributed by atoms with Gasteiger partial charge in [0.15, 0.2) is 0 Å². The molecule has 6 unspecified atom stereocenters. The zero-order valence-electron chi connectivity index (χ0n) is 28.0. The minimum Gasteiger partial charge on any atom is -0.349 e. The lowest BCUT2D eigenvalue weighted by Gasteiger charge is -2.49. The van der Waals surface area contributed by atoms with E-state index in [2.05, 4.69) is 43.3 Å². The lowest BCUT2D eigenvalue weighted by molar-refractivity contribution is -0.322. The number of aromatic nitrogens is 1. The molecule has 5 heterocycles. The Morgan fingerprint density at radius 3 is 2.56 bits per heavy atom. The zero-order valence-corrected chi connectivity index (χ0v) is 30.4. The van der Waals surface area contributed by atoms with E-state index >= 15 is 0 Å². The Kier molecular flexibility index (Phi) is 8.90. The van der Waals surface area contributed by atoms with Gasteiger partial charge in [0.05, 0.1) is 16.8 Å². The lowest BCUT2D eigenvalue weighted by Crippen LogP contribution is -2.71. The van der Waals surface area contributed by atoms with Crippen LogP contribution in [-0.2, 0) is 35.7 Å². The normalized spacial score (nSPS) is 31.4. The molecule has 7 rings (SSSR count). The van der Waals surface area contributed by atoms with E-state index in [0.29, 0.717) is 32.2 Å². The van der Waals surface area contributed by atoms with Crippen molar-refractivity contribution in [2.24, 2.45) is 17.8 Å². The molecule has 0 saturated carbocycles. The van der Waals surface area contributed by atoms with Crippen LogP contribution in [0.25, 0.3) is 16.5 Å². The van der Waals surface area contributed by atoms with Gasteiger partial charge >= 0.3 is 0 Å². The number of hydrogen-bond donors (Lipinski definition) is 4. The minimum absolute atomic E-state index is 0.104. The molecule has 4 N–H and O–H groups in total. The zero-order chi connectivity index (χ0) is 35.1. The third-order valence-electron chi connectivity index (χ3n) is 10.3. The van der Waals surface area contributed by atoms with Crippen molar-refractivity contribution in [1.29, 1.82) is 0 Å². The minimum atomic E-state index is -3.67. The number of benzene rings is 1. The van der Waals surface area contributed by atoms with Gasteiger partial charge in [0.1, 0.15) is 12.1 Å². The van der Waals surface area contributed by atoms with Crippen molar-refractivity contribution >= 4 is 60.2 Å². The summed E-state index contributed by atoms with van der Waals surface area (Å²) in [5.74, 6) is -4.01. The summed E-state index contributed by atoms with van der Waals surface area (Å²) in [6.07, 6.45) is 5.20. The summed E-state index contributed by atoms with van der Waals surface area (Å²) in [4.78, 5) is 50.8. The molecule has 13 nitrogen and oxygen atoms in total. The van der Waals surface area contributed by atoms with Crippen molar-refractivity contribution in [1.82, 2.24) is 25.0 Å². The average molecular weight is 751 g/mol. The Labute approximate surface area is 288 Å². The molecule has 0 spiro atoms. The first kappa shape index (κ1) is 35.0. The number of carbonyl (C=O) groups excluding carboxylic acids is 3. The van der Waals surface area contributed by atoms with Crippen molar-refractivity contribution in [3.05, 3.63) is 40.0 Å². The van der Waals surface area contributed by atoms with E-state index in [-0.39, 0.29) is 23.8 Å². The maximum Gasteiger partial charge on any atom is 0.281 e. The molecular weight excluding hydrogens is 706 g/mol. The summed E-state index contributed by atoms with van der Waals surface area (Å²) in [6, 6.07) is 4.76. The summed E-state index contributed by atoms with van der Waals surface area (Å²) in [5, 5.41) is 16.3. The Morgan fingerprint density at radius 1 is 1.23 bits per heavy atom. The van der Waals surface area contributed by atoms with E-state index in [0.717, 1.165) is 34.1 Å². The molecule has 15 heteroatoms. The van der Waals surface area contributed by atoms with Gasteiger partial charge in [0.25, 0.3) is 21.9 Å². The standard InChI is InChI=1S/C32H40BrN5O5.CH4O3S/c1-16(2)12-24-29(40)37-11-7-10-25(37)32(42)38(24)30(41)31(43-32,17(3)4)35-28(39)18-13-20-19-8-6-9-22-26(19)21(27(33)34-22)14-23(20)36(5)15-18;1-5(2,3)4/h6,8-9,13,16-18,23-25,34,42H,7,10-12,14-15H2,1-5H3,(H,35,39);1H3,(H,2,3,4). The fourth-order valence-electron chi connectivity index (χ4n) is 8.15. The summed E-state index contributed by atoms with van der Waals surface area (Å²) in [5.41, 5.74) is 2.68. The highest BCUT2D eigenvalue weighted by Crippen LogP contribution is 2.49. The molecular formula is C33H44BrN5O8S. The molecule has 262 valence electrons. The number of halogens is 1. The number of carbonyl (C=O) groups is 3. The van der Waals surface area contributed by atoms with E-state index < -0.39 is 51.6 Å². The SMILES string of the molecule is CC(C)CC1C(=O)N2CCCC2C2(O)OC(NC(=O)C3C=C4c5cccc6[nH]c(Br)c(c56)CC4N(C)C3)(C(C)C)C(=O)N12.CS(=O)(=O)O. The largest absolute Gasteiger partial charge is 0.349 e. The number of aliphatic hydroxyl groups is 1. The third-order valence-corrected chi connectivity index (χ3v) is 10.9. The first-order chi connectivity index (χ1) is 22.4. The number of amides is 3. The van der Waals surface area contributed by atoms with E-state index in [1.54, 1.807) is 18.7 Å². The van der Waals surface area contributed by atoms with Crippen molar-refractivity contribution in [3.63, 3.8) is 0 Å². The molecule has 4 aliphatic heterocycles. The molecule has 48 heavy (non-hydrogen) atoms. The van der Waals surface area contributed by atoms with Crippen LogP contribution in [0.5, 0.6) is 0 Å². The van der Waals surface area contributed by atoms with Crippen molar-refractivity contribution in [2.75, 3.05) is 26.4 Å². The summed E-state index contributed by atoms with van der Waals surface area (Å²) < 4.78 is 33.3. The molecule has 3 amide bonds. The number of aromatic amines is 1. The molecule has 5 aliphatic rings. The van der Waals surface area contributed by atoms with Crippen LogP contribution >= 0.6 is 15.9 Å². The first-order valence-electron chi connectivity index (χ1n) is 16.4. The fourth-order valence-corrected chi connectivity index (χ4v) is 8.72. The number of nitrogens with zero attached hydrogens (tertiary/aromatic N) is 3. The monoisotopic (exact) mass is 749 g/mol. The number of rotatable bonds is 5. The quantitative estimate of drug-likeness (QED) is 0.336. The fraction of sp³-hybridized carbons (Fsp3) is 0.606. The highest BCUT2D eigenvalue weighted by Gasteiger charge is 2.72. The van der Waals surface area contributed by atoms with Crippen LogP contribution in [0.1, 0.15) is 58.1 Å². The average Bonchev–Trinajstić information content (AvgIpc) is 3.66.